The molecule has 0 aromatic heterocycles. The lowest BCUT2D eigenvalue weighted by molar-refractivity contribution is -0.151. The van der Waals surface area contributed by atoms with Crippen molar-refractivity contribution in [1.82, 2.24) is 4.90 Å². The molecule has 0 spiro atoms. The van der Waals surface area contributed by atoms with Crippen LogP contribution in [-0.2, 0) is 9.53 Å². The highest BCUT2D eigenvalue weighted by atomic mass is 19.2. The average Bonchev–Trinajstić information content (AvgIpc) is 2.69. The van der Waals surface area contributed by atoms with Gasteiger partial charge in [-0.25, -0.2) is 9.18 Å². The van der Waals surface area contributed by atoms with Crippen LogP contribution in [0.5, 0.6) is 0 Å². The van der Waals surface area contributed by atoms with Gasteiger partial charge in [0.2, 0.25) is 5.91 Å². The van der Waals surface area contributed by atoms with Crippen molar-refractivity contribution in [3.8, 4) is 0 Å². The first-order chi connectivity index (χ1) is 13.3. The molecule has 0 saturated carbocycles. The zero-order valence-corrected chi connectivity index (χ0v) is 15.4. The minimum Gasteiger partial charge on any atom is -0.420 e. The maximum absolute atomic E-state index is 15.7. The molecule has 0 fully saturated rings. The quantitative estimate of drug-likeness (QED) is 0.745. The fourth-order valence-electron chi connectivity index (χ4n) is 2.96. The molecule has 1 amide bonds. The number of hydrogen-bond donors (Lipinski definition) is 0. The van der Waals surface area contributed by atoms with Crippen molar-refractivity contribution < 1.29 is 23.1 Å². The van der Waals surface area contributed by atoms with Gasteiger partial charge in [0.1, 0.15) is 5.83 Å². The van der Waals surface area contributed by atoms with E-state index in [4.69, 9.17) is 4.74 Å². The van der Waals surface area contributed by atoms with Crippen molar-refractivity contribution in [3.63, 3.8) is 0 Å². The Hall–Kier alpha value is -3.28. The molecular formula is C22H19F2NO3. The molecule has 1 aliphatic carbocycles. The Labute approximate surface area is 161 Å². The third-order valence-corrected chi connectivity index (χ3v) is 4.41. The molecule has 0 radical (unpaired) electrons. The molecular weight excluding hydrogens is 364 g/mol. The second-order valence-electron chi connectivity index (χ2n) is 6.58. The van der Waals surface area contributed by atoms with Gasteiger partial charge in [-0.2, -0.15) is 4.39 Å². The van der Waals surface area contributed by atoms with Crippen LogP contribution in [0.4, 0.5) is 8.78 Å². The van der Waals surface area contributed by atoms with Gasteiger partial charge in [-0.3, -0.25) is 4.79 Å². The predicted molar refractivity (Wildman–Crippen MR) is 101 cm³/mol. The highest BCUT2D eigenvalue weighted by molar-refractivity contribution is 5.92. The third kappa shape index (κ3) is 3.71. The normalized spacial score (nSPS) is 21.4. The van der Waals surface area contributed by atoms with Gasteiger partial charge in [0.15, 0.2) is 5.92 Å². The number of hydrogen-bond acceptors (Lipinski definition) is 3. The molecule has 144 valence electrons. The molecule has 28 heavy (non-hydrogen) atoms. The van der Waals surface area contributed by atoms with Gasteiger partial charge >= 0.3 is 5.97 Å². The molecule has 2 aromatic rings. The maximum atomic E-state index is 15.7. The van der Waals surface area contributed by atoms with E-state index in [1.807, 2.05) is 0 Å². The summed E-state index contributed by atoms with van der Waals surface area (Å²) in [6.45, 7) is 0. The van der Waals surface area contributed by atoms with E-state index < -0.39 is 29.5 Å². The van der Waals surface area contributed by atoms with Gasteiger partial charge < -0.3 is 9.64 Å². The van der Waals surface area contributed by atoms with Crippen LogP contribution in [0, 0.1) is 5.92 Å². The van der Waals surface area contributed by atoms with E-state index >= 15 is 8.78 Å². The van der Waals surface area contributed by atoms with Crippen molar-refractivity contribution in [1.29, 1.82) is 0 Å². The van der Waals surface area contributed by atoms with E-state index in [0.717, 1.165) is 11.0 Å². The van der Waals surface area contributed by atoms with Gasteiger partial charge in [-0.1, -0.05) is 48.5 Å². The zero-order valence-electron chi connectivity index (χ0n) is 15.4. The Morgan fingerprint density at radius 1 is 1.00 bits per heavy atom. The van der Waals surface area contributed by atoms with E-state index in [-0.39, 0.29) is 11.1 Å². The minimum absolute atomic E-state index is 0.0739. The van der Waals surface area contributed by atoms with Crippen LogP contribution in [0.15, 0.2) is 78.6 Å². The van der Waals surface area contributed by atoms with Crippen LogP contribution in [0.2, 0.25) is 0 Å². The Morgan fingerprint density at radius 2 is 1.57 bits per heavy atom. The highest BCUT2D eigenvalue weighted by Gasteiger charge is 2.51. The lowest BCUT2D eigenvalue weighted by atomic mass is 9.86. The Bertz CT molecular complexity index is 939. The van der Waals surface area contributed by atoms with Crippen LogP contribution in [-0.4, -0.2) is 36.7 Å². The number of halogens is 2. The number of alkyl halides is 1. The first-order valence-electron chi connectivity index (χ1n) is 8.66. The molecule has 4 nitrogen and oxygen atoms in total. The van der Waals surface area contributed by atoms with Gasteiger partial charge in [0.05, 0.1) is 5.56 Å². The van der Waals surface area contributed by atoms with E-state index in [1.54, 1.807) is 48.5 Å². The molecule has 0 saturated heterocycles. The van der Waals surface area contributed by atoms with Gasteiger partial charge in [-0.15, -0.1) is 0 Å². The molecule has 2 aromatic carbocycles. The van der Waals surface area contributed by atoms with Crippen molar-refractivity contribution >= 4 is 17.4 Å². The number of allylic oxidation sites excluding steroid dienone is 2. The number of ether oxygens (including phenoxy) is 1. The van der Waals surface area contributed by atoms with E-state index in [2.05, 4.69) is 0 Å². The lowest BCUT2D eigenvalue weighted by Gasteiger charge is -2.33. The first-order valence-corrected chi connectivity index (χ1v) is 8.66. The Kier molecular flexibility index (Phi) is 5.40. The molecule has 6 heteroatoms. The minimum atomic E-state index is -2.95. The number of carbonyl (C=O) groups excluding carboxylic acids is 2. The number of nitrogens with zero attached hydrogens (tertiary/aromatic N) is 1. The van der Waals surface area contributed by atoms with Gasteiger partial charge in [-0.05, 0) is 29.8 Å². The maximum Gasteiger partial charge on any atom is 0.341 e. The summed E-state index contributed by atoms with van der Waals surface area (Å²) < 4.78 is 36.0. The Balaban J connectivity index is 2.01. The lowest BCUT2D eigenvalue weighted by Crippen LogP contribution is -2.47. The summed E-state index contributed by atoms with van der Waals surface area (Å²) >= 11 is 0. The second-order valence-corrected chi connectivity index (χ2v) is 6.58. The number of rotatable bonds is 4. The number of benzene rings is 2. The summed E-state index contributed by atoms with van der Waals surface area (Å²) in [6.07, 6.45) is 2.12. The molecule has 0 N–H and O–H groups in total. The molecule has 3 rings (SSSR count). The van der Waals surface area contributed by atoms with E-state index in [0.29, 0.717) is 5.56 Å². The molecule has 2 unspecified atom stereocenters. The highest BCUT2D eigenvalue weighted by Crippen LogP contribution is 2.42. The molecule has 2 atom stereocenters. The van der Waals surface area contributed by atoms with Crippen molar-refractivity contribution in [2.75, 3.05) is 14.1 Å². The second kappa shape index (κ2) is 7.76. The number of esters is 1. The standard InChI is InChI=1S/C22H19F2NO3/c1-25(2)20(26)18-19(23)17(15-9-5-3-6-10-15)13-14-22(18,24)28-21(27)16-11-7-4-8-12-16/h3-14,18H,1-2H3. The fourth-order valence-corrected chi connectivity index (χ4v) is 2.96. The summed E-state index contributed by atoms with van der Waals surface area (Å²) in [6, 6.07) is 16.2. The number of carbonyl (C=O) groups is 2. The van der Waals surface area contributed by atoms with Crippen LogP contribution in [0.25, 0.3) is 5.57 Å². The first kappa shape index (κ1) is 19.5. The third-order valence-electron chi connectivity index (χ3n) is 4.41. The van der Waals surface area contributed by atoms with Gasteiger partial charge in [0, 0.05) is 19.7 Å². The monoisotopic (exact) mass is 383 g/mol. The molecule has 0 heterocycles. The van der Waals surface area contributed by atoms with Crippen LogP contribution < -0.4 is 0 Å². The summed E-state index contributed by atoms with van der Waals surface area (Å²) in [7, 11) is 2.77. The largest absolute Gasteiger partial charge is 0.420 e. The fraction of sp³-hybridized carbons (Fsp3) is 0.182. The smallest absolute Gasteiger partial charge is 0.341 e. The SMILES string of the molecule is CN(C)C(=O)C1C(F)=C(c2ccccc2)C=CC1(F)OC(=O)c1ccccc1. The summed E-state index contributed by atoms with van der Waals surface area (Å²) in [4.78, 5) is 26.0. The molecule has 0 aliphatic heterocycles. The topological polar surface area (TPSA) is 46.6 Å². The summed E-state index contributed by atoms with van der Waals surface area (Å²) in [5.74, 6) is -7.71. The zero-order chi connectivity index (χ0) is 20.3. The average molecular weight is 383 g/mol. The van der Waals surface area contributed by atoms with E-state index in [1.165, 1.54) is 32.3 Å². The van der Waals surface area contributed by atoms with Gasteiger partial charge in [0.25, 0.3) is 5.85 Å². The van der Waals surface area contributed by atoms with Crippen molar-refractivity contribution in [3.05, 3.63) is 89.8 Å². The molecule has 1 aliphatic rings. The predicted octanol–water partition coefficient (Wildman–Crippen LogP) is 4.16. The van der Waals surface area contributed by atoms with Crippen molar-refractivity contribution in [2.24, 2.45) is 5.92 Å². The van der Waals surface area contributed by atoms with Crippen LogP contribution in [0.3, 0.4) is 0 Å². The molecule has 0 bridgehead atoms. The Morgan fingerprint density at radius 3 is 2.14 bits per heavy atom. The van der Waals surface area contributed by atoms with Crippen LogP contribution >= 0.6 is 0 Å². The van der Waals surface area contributed by atoms with Crippen molar-refractivity contribution in [2.45, 2.75) is 5.85 Å². The van der Waals surface area contributed by atoms with E-state index in [9.17, 15) is 9.59 Å². The van der Waals surface area contributed by atoms with Crippen LogP contribution in [0.1, 0.15) is 15.9 Å². The summed E-state index contributed by atoms with van der Waals surface area (Å²) in [5, 5.41) is 0. The summed E-state index contributed by atoms with van der Waals surface area (Å²) in [5.41, 5.74) is 0.663. The number of amides is 1.